The molecule has 0 spiro atoms. The van der Waals surface area contributed by atoms with E-state index in [2.05, 4.69) is 39.4 Å². The first-order chi connectivity index (χ1) is 16.4. The molecule has 0 radical (unpaired) electrons. The Balaban J connectivity index is 1.57. The Labute approximate surface area is 201 Å². The first kappa shape index (κ1) is 22.0. The van der Waals surface area contributed by atoms with Crippen LogP contribution in [0.15, 0.2) is 54.0 Å². The Morgan fingerprint density at radius 3 is 2.62 bits per heavy atom. The molecule has 0 saturated heterocycles. The van der Waals surface area contributed by atoms with Crippen molar-refractivity contribution in [1.29, 1.82) is 0 Å². The monoisotopic (exact) mass is 471 g/mol. The Morgan fingerprint density at radius 1 is 1.09 bits per heavy atom. The summed E-state index contributed by atoms with van der Waals surface area (Å²) in [6, 6.07) is 13.5. The Kier molecular flexibility index (Phi) is 5.70. The van der Waals surface area contributed by atoms with E-state index in [-0.39, 0.29) is 17.9 Å². The summed E-state index contributed by atoms with van der Waals surface area (Å²) in [5.41, 5.74) is 3.35. The van der Waals surface area contributed by atoms with Gasteiger partial charge in [-0.05, 0) is 43.5 Å². The molecule has 0 unspecified atom stereocenters. The highest BCUT2D eigenvalue weighted by molar-refractivity contribution is 7.13. The molecule has 4 heterocycles. The van der Waals surface area contributed by atoms with E-state index in [1.807, 2.05) is 66.4 Å². The molecule has 5 rings (SSSR count). The quantitative estimate of drug-likeness (QED) is 0.321. The number of nitrogens with zero attached hydrogens (tertiary/aromatic N) is 5. The summed E-state index contributed by atoms with van der Waals surface area (Å²) < 4.78 is 1.85. The van der Waals surface area contributed by atoms with Crippen LogP contribution in [0.3, 0.4) is 0 Å². The van der Waals surface area contributed by atoms with Crippen molar-refractivity contribution in [3.8, 4) is 22.0 Å². The number of aromatic amines is 1. The standard InChI is InChI=1S/C25H25N7OS/c1-14(2)22-29-23(31-30-22)16-8-5-6-9-19(16)28-25(33)17-12-20(21-10-7-11-34-21)27-24-18(17)13-26-32(24)15(3)4/h5-15H,1-4H3,(H,28,33)(H,29,30,31). The molecule has 0 fully saturated rings. The average molecular weight is 472 g/mol. The second kappa shape index (κ2) is 8.83. The predicted molar refractivity (Wildman–Crippen MR) is 135 cm³/mol. The number of hydrogen-bond acceptors (Lipinski definition) is 6. The maximum atomic E-state index is 13.6. The second-order valence-corrected chi connectivity index (χ2v) is 9.60. The number of rotatable bonds is 6. The Hall–Kier alpha value is -3.85. The van der Waals surface area contributed by atoms with E-state index in [1.54, 1.807) is 17.5 Å². The number of hydrogen-bond donors (Lipinski definition) is 2. The first-order valence-corrected chi connectivity index (χ1v) is 12.1. The van der Waals surface area contributed by atoms with Gasteiger partial charge < -0.3 is 5.32 Å². The zero-order valence-electron chi connectivity index (χ0n) is 19.4. The fourth-order valence-electron chi connectivity index (χ4n) is 3.76. The maximum Gasteiger partial charge on any atom is 0.256 e. The Bertz CT molecular complexity index is 1460. The van der Waals surface area contributed by atoms with Gasteiger partial charge in [0.2, 0.25) is 0 Å². The smallest absolute Gasteiger partial charge is 0.256 e. The van der Waals surface area contributed by atoms with Gasteiger partial charge in [0, 0.05) is 17.5 Å². The maximum absolute atomic E-state index is 13.6. The van der Waals surface area contributed by atoms with Crippen LogP contribution in [0.4, 0.5) is 5.69 Å². The van der Waals surface area contributed by atoms with E-state index >= 15 is 0 Å². The van der Waals surface area contributed by atoms with Crippen LogP contribution in [0.1, 0.15) is 55.8 Å². The Morgan fingerprint density at radius 2 is 1.91 bits per heavy atom. The van der Waals surface area contributed by atoms with Crippen LogP contribution < -0.4 is 5.32 Å². The SMILES string of the molecule is CC(C)c1nc(-c2ccccc2NC(=O)c2cc(-c3cccs3)nc3c2cnn3C(C)C)n[nH]1. The molecule has 1 amide bonds. The number of aromatic nitrogens is 6. The lowest BCUT2D eigenvalue weighted by Crippen LogP contribution is -2.14. The van der Waals surface area contributed by atoms with Gasteiger partial charge in [0.1, 0.15) is 5.82 Å². The number of para-hydroxylation sites is 1. The van der Waals surface area contributed by atoms with Crippen LogP contribution in [0.2, 0.25) is 0 Å². The predicted octanol–water partition coefficient (Wildman–Crippen LogP) is 5.90. The molecule has 0 saturated carbocycles. The summed E-state index contributed by atoms with van der Waals surface area (Å²) >= 11 is 1.59. The minimum Gasteiger partial charge on any atom is -0.321 e. The average Bonchev–Trinajstić information content (AvgIpc) is 3.59. The van der Waals surface area contributed by atoms with Gasteiger partial charge in [-0.3, -0.25) is 9.89 Å². The summed E-state index contributed by atoms with van der Waals surface area (Å²) in [5, 5.41) is 17.6. The number of amides is 1. The van der Waals surface area contributed by atoms with Crippen molar-refractivity contribution in [2.24, 2.45) is 0 Å². The fourth-order valence-corrected chi connectivity index (χ4v) is 4.45. The number of fused-ring (bicyclic) bond motifs is 1. The zero-order valence-corrected chi connectivity index (χ0v) is 20.2. The molecule has 4 aromatic heterocycles. The molecule has 34 heavy (non-hydrogen) atoms. The van der Waals surface area contributed by atoms with E-state index in [0.717, 1.165) is 22.0 Å². The van der Waals surface area contributed by atoms with E-state index < -0.39 is 0 Å². The normalized spacial score (nSPS) is 11.6. The van der Waals surface area contributed by atoms with Crippen molar-refractivity contribution in [3.05, 3.63) is 65.4 Å². The van der Waals surface area contributed by atoms with Crippen molar-refractivity contribution in [1.82, 2.24) is 29.9 Å². The molecule has 9 heteroatoms. The number of carbonyl (C=O) groups is 1. The molecule has 0 bridgehead atoms. The number of anilines is 1. The number of H-pyrrole nitrogens is 1. The van der Waals surface area contributed by atoms with E-state index in [9.17, 15) is 4.79 Å². The van der Waals surface area contributed by atoms with Gasteiger partial charge in [0.05, 0.1) is 33.4 Å². The van der Waals surface area contributed by atoms with Gasteiger partial charge in [-0.25, -0.2) is 14.6 Å². The number of pyridine rings is 1. The minimum atomic E-state index is -0.236. The highest BCUT2D eigenvalue weighted by atomic mass is 32.1. The number of thiophene rings is 1. The number of carbonyl (C=O) groups excluding carboxylic acids is 1. The second-order valence-electron chi connectivity index (χ2n) is 8.65. The molecule has 0 atom stereocenters. The lowest BCUT2D eigenvalue weighted by atomic mass is 10.1. The van der Waals surface area contributed by atoms with Crippen LogP contribution in [0.25, 0.3) is 33.0 Å². The van der Waals surface area contributed by atoms with Gasteiger partial charge in [-0.2, -0.15) is 10.2 Å². The van der Waals surface area contributed by atoms with Crippen molar-refractivity contribution in [2.75, 3.05) is 5.32 Å². The van der Waals surface area contributed by atoms with Crippen LogP contribution in [-0.2, 0) is 0 Å². The summed E-state index contributed by atoms with van der Waals surface area (Å²) in [7, 11) is 0. The largest absolute Gasteiger partial charge is 0.321 e. The van der Waals surface area contributed by atoms with E-state index in [1.165, 1.54) is 0 Å². The van der Waals surface area contributed by atoms with Gasteiger partial charge in [-0.15, -0.1) is 11.3 Å². The van der Waals surface area contributed by atoms with E-state index in [4.69, 9.17) is 4.98 Å². The number of benzene rings is 1. The molecule has 0 aliphatic rings. The van der Waals surface area contributed by atoms with Gasteiger partial charge in [-0.1, -0.05) is 32.0 Å². The third kappa shape index (κ3) is 3.99. The molecule has 172 valence electrons. The van der Waals surface area contributed by atoms with Gasteiger partial charge in [0.25, 0.3) is 5.91 Å². The van der Waals surface area contributed by atoms with Crippen LogP contribution in [-0.4, -0.2) is 35.9 Å². The highest BCUT2D eigenvalue weighted by Gasteiger charge is 2.20. The lowest BCUT2D eigenvalue weighted by molar-refractivity contribution is 0.102. The van der Waals surface area contributed by atoms with Crippen molar-refractivity contribution >= 4 is 34.0 Å². The van der Waals surface area contributed by atoms with Gasteiger partial charge >= 0.3 is 0 Å². The first-order valence-electron chi connectivity index (χ1n) is 11.2. The summed E-state index contributed by atoms with van der Waals surface area (Å²) in [5.74, 6) is 1.34. The van der Waals surface area contributed by atoms with Crippen molar-refractivity contribution in [3.63, 3.8) is 0 Å². The third-order valence-corrected chi connectivity index (χ3v) is 6.43. The molecule has 5 aromatic rings. The topological polar surface area (TPSA) is 101 Å². The van der Waals surface area contributed by atoms with Crippen LogP contribution in [0.5, 0.6) is 0 Å². The molecular formula is C25H25N7OS. The summed E-state index contributed by atoms with van der Waals surface area (Å²) in [6.45, 7) is 8.19. The summed E-state index contributed by atoms with van der Waals surface area (Å²) in [4.78, 5) is 24.0. The van der Waals surface area contributed by atoms with Crippen LogP contribution in [0, 0.1) is 0 Å². The fraction of sp³-hybridized carbons (Fsp3) is 0.240. The van der Waals surface area contributed by atoms with E-state index in [0.29, 0.717) is 28.1 Å². The third-order valence-electron chi connectivity index (χ3n) is 5.54. The molecular weight excluding hydrogens is 446 g/mol. The summed E-state index contributed by atoms with van der Waals surface area (Å²) in [6.07, 6.45) is 1.71. The zero-order chi connectivity index (χ0) is 23.8. The molecule has 0 aliphatic carbocycles. The molecule has 1 aromatic carbocycles. The lowest BCUT2D eigenvalue weighted by Gasteiger charge is -2.12. The molecule has 8 nitrogen and oxygen atoms in total. The van der Waals surface area contributed by atoms with Crippen molar-refractivity contribution < 1.29 is 4.79 Å². The minimum absolute atomic E-state index is 0.112. The van der Waals surface area contributed by atoms with Crippen molar-refractivity contribution in [2.45, 2.75) is 39.7 Å². The molecule has 2 N–H and O–H groups in total. The molecule has 0 aliphatic heterocycles. The van der Waals surface area contributed by atoms with Crippen LogP contribution >= 0.6 is 11.3 Å². The van der Waals surface area contributed by atoms with Gasteiger partial charge in [0.15, 0.2) is 11.5 Å². The highest BCUT2D eigenvalue weighted by Crippen LogP contribution is 2.31. The number of nitrogens with one attached hydrogen (secondary N) is 2.